The summed E-state index contributed by atoms with van der Waals surface area (Å²) in [7, 11) is 0. The molecule has 1 saturated heterocycles. The Bertz CT molecular complexity index is 429. The Kier molecular flexibility index (Phi) is 6.23. The standard InChI is InChI=1S/C16H29N5/c1-4-14-15(17-5-2)18-12-19-16(14)20-13(3)11-21-9-7-6-8-10-21/h12-13H,4-11H2,1-3H3,(H2,17,18,19,20). The van der Waals surface area contributed by atoms with E-state index in [0.29, 0.717) is 6.04 Å². The minimum atomic E-state index is 0.401. The van der Waals surface area contributed by atoms with Gasteiger partial charge in [-0.25, -0.2) is 9.97 Å². The number of likely N-dealkylation sites (tertiary alicyclic amines) is 1. The van der Waals surface area contributed by atoms with Crippen molar-refractivity contribution in [2.75, 3.05) is 36.8 Å². The highest BCUT2D eigenvalue weighted by atomic mass is 15.2. The van der Waals surface area contributed by atoms with E-state index in [1.807, 2.05) is 0 Å². The number of hydrogen-bond donors (Lipinski definition) is 2. The fraction of sp³-hybridized carbons (Fsp3) is 0.750. The lowest BCUT2D eigenvalue weighted by Gasteiger charge is -2.29. The summed E-state index contributed by atoms with van der Waals surface area (Å²) in [5.74, 6) is 1.94. The molecule has 0 aromatic carbocycles. The zero-order chi connectivity index (χ0) is 15.1. The molecule has 1 fully saturated rings. The van der Waals surface area contributed by atoms with Crippen LogP contribution in [0.2, 0.25) is 0 Å². The molecule has 0 saturated carbocycles. The summed E-state index contributed by atoms with van der Waals surface area (Å²) in [4.78, 5) is 11.3. The topological polar surface area (TPSA) is 53.1 Å². The molecule has 0 amide bonds. The van der Waals surface area contributed by atoms with E-state index in [4.69, 9.17) is 0 Å². The third kappa shape index (κ3) is 4.56. The maximum absolute atomic E-state index is 4.44. The van der Waals surface area contributed by atoms with Crippen LogP contribution in [-0.4, -0.2) is 47.1 Å². The molecule has 2 N–H and O–H groups in total. The van der Waals surface area contributed by atoms with Crippen molar-refractivity contribution in [3.05, 3.63) is 11.9 Å². The Labute approximate surface area is 128 Å². The summed E-state index contributed by atoms with van der Waals surface area (Å²) in [6.45, 7) is 10.9. The predicted octanol–water partition coefficient (Wildman–Crippen LogP) is 2.76. The molecule has 0 radical (unpaired) electrons. The highest BCUT2D eigenvalue weighted by molar-refractivity contribution is 5.57. The van der Waals surface area contributed by atoms with Crippen molar-refractivity contribution < 1.29 is 0 Å². The fourth-order valence-electron chi connectivity index (χ4n) is 3.00. The molecule has 0 bridgehead atoms. The molecule has 0 aliphatic carbocycles. The molecule has 2 heterocycles. The number of piperidine rings is 1. The summed E-state index contributed by atoms with van der Waals surface area (Å²) in [5.41, 5.74) is 1.19. The van der Waals surface area contributed by atoms with Gasteiger partial charge in [0.1, 0.15) is 18.0 Å². The number of rotatable bonds is 7. The SMILES string of the molecule is CCNc1ncnc(NC(C)CN2CCCCC2)c1CC. The Balaban J connectivity index is 1.98. The normalized spacial score (nSPS) is 17.5. The molecule has 1 atom stereocenters. The van der Waals surface area contributed by atoms with Gasteiger partial charge in [0.15, 0.2) is 0 Å². The third-order valence-electron chi connectivity index (χ3n) is 4.01. The minimum Gasteiger partial charge on any atom is -0.370 e. The van der Waals surface area contributed by atoms with Gasteiger partial charge in [-0.2, -0.15) is 0 Å². The minimum absolute atomic E-state index is 0.401. The van der Waals surface area contributed by atoms with Gasteiger partial charge in [-0.3, -0.25) is 0 Å². The molecule has 5 heteroatoms. The summed E-state index contributed by atoms with van der Waals surface area (Å²) >= 11 is 0. The maximum Gasteiger partial charge on any atom is 0.134 e. The number of nitrogens with zero attached hydrogens (tertiary/aromatic N) is 3. The number of anilines is 2. The van der Waals surface area contributed by atoms with Crippen molar-refractivity contribution in [3.63, 3.8) is 0 Å². The van der Waals surface area contributed by atoms with E-state index in [-0.39, 0.29) is 0 Å². The van der Waals surface area contributed by atoms with Gasteiger partial charge in [0.2, 0.25) is 0 Å². The van der Waals surface area contributed by atoms with Crippen LogP contribution in [0, 0.1) is 0 Å². The Morgan fingerprint density at radius 1 is 1.14 bits per heavy atom. The van der Waals surface area contributed by atoms with Crippen LogP contribution in [0.15, 0.2) is 6.33 Å². The highest BCUT2D eigenvalue weighted by Crippen LogP contribution is 2.21. The van der Waals surface area contributed by atoms with Crippen LogP contribution in [0.5, 0.6) is 0 Å². The van der Waals surface area contributed by atoms with Crippen LogP contribution in [-0.2, 0) is 6.42 Å². The van der Waals surface area contributed by atoms with Crippen molar-refractivity contribution in [2.45, 2.75) is 52.5 Å². The van der Waals surface area contributed by atoms with Crippen molar-refractivity contribution in [2.24, 2.45) is 0 Å². The van der Waals surface area contributed by atoms with Gasteiger partial charge in [0.25, 0.3) is 0 Å². The Hall–Kier alpha value is -1.36. The second-order valence-electron chi connectivity index (χ2n) is 5.84. The first-order chi connectivity index (χ1) is 10.2. The predicted molar refractivity (Wildman–Crippen MR) is 88.9 cm³/mol. The monoisotopic (exact) mass is 291 g/mol. The van der Waals surface area contributed by atoms with E-state index in [0.717, 1.165) is 31.1 Å². The van der Waals surface area contributed by atoms with Crippen molar-refractivity contribution >= 4 is 11.6 Å². The summed E-state index contributed by atoms with van der Waals surface area (Å²) < 4.78 is 0. The van der Waals surface area contributed by atoms with Gasteiger partial charge in [-0.1, -0.05) is 13.3 Å². The maximum atomic E-state index is 4.44. The van der Waals surface area contributed by atoms with Crippen LogP contribution in [0.4, 0.5) is 11.6 Å². The second kappa shape index (κ2) is 8.17. The molecular weight excluding hydrogens is 262 g/mol. The summed E-state index contributed by atoms with van der Waals surface area (Å²) in [6.07, 6.45) is 6.64. The van der Waals surface area contributed by atoms with Gasteiger partial charge in [0, 0.05) is 24.7 Å². The smallest absolute Gasteiger partial charge is 0.134 e. The molecule has 2 rings (SSSR count). The summed E-state index contributed by atoms with van der Waals surface area (Å²) in [5, 5.41) is 6.90. The van der Waals surface area contributed by atoms with Crippen LogP contribution in [0.3, 0.4) is 0 Å². The average Bonchev–Trinajstić information content (AvgIpc) is 2.49. The fourth-order valence-corrected chi connectivity index (χ4v) is 3.00. The van der Waals surface area contributed by atoms with Crippen LogP contribution in [0.1, 0.15) is 45.6 Å². The first-order valence-electron chi connectivity index (χ1n) is 8.31. The van der Waals surface area contributed by atoms with Gasteiger partial charge in [0.05, 0.1) is 0 Å². The van der Waals surface area contributed by atoms with Gasteiger partial charge < -0.3 is 15.5 Å². The molecule has 1 aliphatic heterocycles. The first kappa shape index (κ1) is 16.0. The van der Waals surface area contributed by atoms with Crippen molar-refractivity contribution in [3.8, 4) is 0 Å². The zero-order valence-corrected chi connectivity index (χ0v) is 13.7. The van der Waals surface area contributed by atoms with E-state index < -0.39 is 0 Å². The van der Waals surface area contributed by atoms with Gasteiger partial charge in [-0.05, 0) is 46.2 Å². The number of nitrogens with one attached hydrogen (secondary N) is 2. The van der Waals surface area contributed by atoms with Crippen molar-refractivity contribution in [1.82, 2.24) is 14.9 Å². The molecule has 1 aromatic heterocycles. The largest absolute Gasteiger partial charge is 0.370 e. The van der Waals surface area contributed by atoms with Crippen LogP contribution in [0.25, 0.3) is 0 Å². The molecule has 1 unspecified atom stereocenters. The Morgan fingerprint density at radius 2 is 1.86 bits per heavy atom. The van der Waals surface area contributed by atoms with E-state index >= 15 is 0 Å². The second-order valence-corrected chi connectivity index (χ2v) is 5.84. The molecule has 1 aromatic rings. The van der Waals surface area contributed by atoms with E-state index in [1.165, 1.54) is 37.9 Å². The lowest BCUT2D eigenvalue weighted by Crippen LogP contribution is -2.38. The number of aromatic nitrogens is 2. The zero-order valence-electron chi connectivity index (χ0n) is 13.7. The first-order valence-corrected chi connectivity index (χ1v) is 8.31. The van der Waals surface area contributed by atoms with Gasteiger partial charge >= 0.3 is 0 Å². The quantitative estimate of drug-likeness (QED) is 0.809. The molecule has 0 spiro atoms. The number of hydrogen-bond acceptors (Lipinski definition) is 5. The highest BCUT2D eigenvalue weighted by Gasteiger charge is 2.15. The van der Waals surface area contributed by atoms with E-state index in [2.05, 4.69) is 46.3 Å². The van der Waals surface area contributed by atoms with E-state index in [1.54, 1.807) is 6.33 Å². The lowest BCUT2D eigenvalue weighted by molar-refractivity contribution is 0.223. The molecule has 5 nitrogen and oxygen atoms in total. The molecule has 21 heavy (non-hydrogen) atoms. The molecule has 1 aliphatic rings. The van der Waals surface area contributed by atoms with Crippen LogP contribution >= 0.6 is 0 Å². The molecule has 118 valence electrons. The third-order valence-corrected chi connectivity index (χ3v) is 4.01. The van der Waals surface area contributed by atoms with Crippen LogP contribution < -0.4 is 10.6 Å². The summed E-state index contributed by atoms with van der Waals surface area (Å²) in [6, 6.07) is 0.401. The lowest BCUT2D eigenvalue weighted by atomic mass is 10.1. The molecular formula is C16H29N5. The van der Waals surface area contributed by atoms with Crippen molar-refractivity contribution in [1.29, 1.82) is 0 Å². The average molecular weight is 291 g/mol. The Morgan fingerprint density at radius 3 is 2.52 bits per heavy atom. The van der Waals surface area contributed by atoms with E-state index in [9.17, 15) is 0 Å². The van der Waals surface area contributed by atoms with Gasteiger partial charge in [-0.15, -0.1) is 0 Å².